The fourth-order valence-electron chi connectivity index (χ4n) is 1.65. The predicted molar refractivity (Wildman–Crippen MR) is 80.9 cm³/mol. The molecular formula is C15H13ClFN3O. The molecule has 3 N–H and O–H groups in total. The number of ether oxygens (including phenoxy) is 1. The Kier molecular flexibility index (Phi) is 4.90. The average Bonchev–Trinajstić information content (AvgIpc) is 2.48. The minimum absolute atomic E-state index is 0.0334. The summed E-state index contributed by atoms with van der Waals surface area (Å²) in [6.07, 6.45) is 2.39. The normalized spacial score (nSPS) is 11.2. The van der Waals surface area contributed by atoms with E-state index in [0.717, 1.165) is 6.21 Å². The molecule has 6 heteroatoms. The number of hydrogen-bond donors (Lipinski definition) is 2. The first kappa shape index (κ1) is 15.0. The Morgan fingerprint density at radius 2 is 2.19 bits per heavy atom. The lowest BCUT2D eigenvalue weighted by molar-refractivity contribution is 0.288. The first-order chi connectivity index (χ1) is 10.1. The number of rotatable bonds is 5. The van der Waals surface area contributed by atoms with Crippen molar-refractivity contribution in [2.45, 2.75) is 6.61 Å². The van der Waals surface area contributed by atoms with Crippen molar-refractivity contribution in [1.29, 1.82) is 5.41 Å². The molecule has 0 atom stereocenters. The largest absolute Gasteiger partial charge is 0.473 e. The molecule has 0 saturated carbocycles. The average molecular weight is 306 g/mol. The summed E-state index contributed by atoms with van der Waals surface area (Å²) in [5.41, 5.74) is 6.78. The molecule has 108 valence electrons. The molecule has 0 unspecified atom stereocenters. The second-order valence-electron chi connectivity index (χ2n) is 4.15. The lowest BCUT2D eigenvalue weighted by atomic mass is 10.2. The number of nitrogens with zero attached hydrogens (tertiary/aromatic N) is 1. The van der Waals surface area contributed by atoms with Crippen molar-refractivity contribution >= 4 is 23.4 Å². The molecule has 4 nitrogen and oxygen atoms in total. The van der Waals surface area contributed by atoms with Crippen molar-refractivity contribution < 1.29 is 9.13 Å². The Bertz CT molecular complexity index is 688. The highest BCUT2D eigenvalue weighted by atomic mass is 35.5. The Balaban J connectivity index is 2.13. The molecule has 0 aliphatic carbocycles. The van der Waals surface area contributed by atoms with E-state index < -0.39 is 5.82 Å². The molecule has 0 saturated heterocycles. The number of pyridine rings is 1. The number of hydrogen-bond acceptors (Lipinski definition) is 4. The summed E-state index contributed by atoms with van der Waals surface area (Å²) < 4.78 is 19.1. The van der Waals surface area contributed by atoms with E-state index in [-0.39, 0.29) is 6.61 Å². The van der Waals surface area contributed by atoms with Gasteiger partial charge < -0.3 is 15.9 Å². The lowest BCUT2D eigenvalue weighted by Gasteiger charge is -2.08. The van der Waals surface area contributed by atoms with E-state index in [4.69, 9.17) is 27.5 Å². The van der Waals surface area contributed by atoms with E-state index in [0.29, 0.717) is 27.7 Å². The van der Waals surface area contributed by atoms with Gasteiger partial charge in [-0.25, -0.2) is 9.37 Å². The molecule has 0 fully saturated rings. The second kappa shape index (κ2) is 6.85. The van der Waals surface area contributed by atoms with Crippen molar-refractivity contribution in [3.63, 3.8) is 0 Å². The van der Waals surface area contributed by atoms with E-state index >= 15 is 0 Å². The third-order valence-electron chi connectivity index (χ3n) is 2.75. The number of allylic oxidation sites excluding steroid dienone is 1. The highest BCUT2D eigenvalue weighted by Gasteiger charge is 2.06. The standard InChI is InChI=1S/C15H13ClFN3O/c16-12-5-4-10(13(17)6-12)9-21-15-3-1-2-14(20-15)11(7-18)8-19/h1-8,18H,9,19H2/b11-8+,18-7?. The number of benzene rings is 1. The van der Waals surface area contributed by atoms with Crippen molar-refractivity contribution in [1.82, 2.24) is 4.98 Å². The van der Waals surface area contributed by atoms with E-state index in [1.807, 2.05) is 0 Å². The van der Waals surface area contributed by atoms with Gasteiger partial charge in [-0.3, -0.25) is 0 Å². The van der Waals surface area contributed by atoms with Gasteiger partial charge in [0.2, 0.25) is 5.88 Å². The zero-order valence-electron chi connectivity index (χ0n) is 11.0. The molecule has 1 aromatic heterocycles. The molecule has 1 heterocycles. The summed E-state index contributed by atoms with van der Waals surface area (Å²) in [6.45, 7) is 0.0334. The molecule has 0 bridgehead atoms. The van der Waals surface area contributed by atoms with E-state index in [1.165, 1.54) is 12.3 Å². The van der Waals surface area contributed by atoms with Crippen LogP contribution in [-0.4, -0.2) is 11.2 Å². The molecule has 0 radical (unpaired) electrons. The molecule has 2 rings (SSSR count). The SMILES string of the molecule is N=C/C(=C\N)c1cccc(OCc2ccc(Cl)cc2F)n1. The van der Waals surface area contributed by atoms with Crippen molar-refractivity contribution in [2.24, 2.45) is 5.73 Å². The molecule has 0 aliphatic rings. The second-order valence-corrected chi connectivity index (χ2v) is 4.59. The van der Waals surface area contributed by atoms with Crippen LogP contribution in [0.3, 0.4) is 0 Å². The zero-order valence-corrected chi connectivity index (χ0v) is 11.8. The van der Waals surface area contributed by atoms with E-state index in [9.17, 15) is 4.39 Å². The lowest BCUT2D eigenvalue weighted by Crippen LogP contribution is -2.01. The van der Waals surface area contributed by atoms with Gasteiger partial charge in [-0.05, 0) is 18.2 Å². The molecule has 2 aromatic rings. The number of aromatic nitrogens is 1. The van der Waals surface area contributed by atoms with Crippen LogP contribution >= 0.6 is 11.6 Å². The summed E-state index contributed by atoms with van der Waals surface area (Å²) >= 11 is 5.69. The van der Waals surface area contributed by atoms with Gasteiger partial charge in [-0.2, -0.15) is 0 Å². The molecule has 0 aliphatic heterocycles. The smallest absolute Gasteiger partial charge is 0.214 e. The molecular weight excluding hydrogens is 293 g/mol. The summed E-state index contributed by atoms with van der Waals surface area (Å²) in [5.74, 6) is -0.108. The van der Waals surface area contributed by atoms with Crippen LogP contribution in [0.1, 0.15) is 11.3 Å². The predicted octanol–water partition coefficient (Wildman–Crippen LogP) is 3.40. The Morgan fingerprint density at radius 1 is 1.38 bits per heavy atom. The Morgan fingerprint density at radius 3 is 2.86 bits per heavy atom. The summed E-state index contributed by atoms with van der Waals surface area (Å²) in [5, 5.41) is 7.57. The zero-order chi connectivity index (χ0) is 15.2. The number of nitrogens with two attached hydrogens (primary N) is 1. The van der Waals surface area contributed by atoms with Gasteiger partial charge in [0.05, 0.1) is 5.69 Å². The summed E-state index contributed by atoms with van der Waals surface area (Å²) in [7, 11) is 0. The van der Waals surface area contributed by atoms with Crippen LogP contribution in [0.15, 0.2) is 42.6 Å². The van der Waals surface area contributed by atoms with Crippen molar-refractivity contribution in [3.05, 3.63) is 64.7 Å². The van der Waals surface area contributed by atoms with Gasteiger partial charge in [-0.15, -0.1) is 0 Å². The van der Waals surface area contributed by atoms with E-state index in [2.05, 4.69) is 4.98 Å². The fourth-order valence-corrected chi connectivity index (χ4v) is 1.81. The van der Waals surface area contributed by atoms with Gasteiger partial charge in [0.25, 0.3) is 0 Å². The van der Waals surface area contributed by atoms with Crippen molar-refractivity contribution in [2.75, 3.05) is 0 Å². The Hall–Kier alpha value is -2.40. The van der Waals surface area contributed by atoms with Crippen LogP contribution in [0.25, 0.3) is 5.57 Å². The van der Waals surface area contributed by atoms with Gasteiger partial charge in [0.1, 0.15) is 12.4 Å². The van der Waals surface area contributed by atoms with Crippen LogP contribution in [0.5, 0.6) is 5.88 Å². The maximum Gasteiger partial charge on any atom is 0.214 e. The molecule has 0 amide bonds. The van der Waals surface area contributed by atoms with Crippen LogP contribution < -0.4 is 10.5 Å². The quantitative estimate of drug-likeness (QED) is 0.832. The van der Waals surface area contributed by atoms with Crippen LogP contribution in [0.4, 0.5) is 4.39 Å². The maximum atomic E-state index is 13.6. The molecule has 0 spiro atoms. The third kappa shape index (κ3) is 3.79. The number of halogens is 2. The molecule has 1 aromatic carbocycles. The number of nitrogens with one attached hydrogen (secondary N) is 1. The summed E-state index contributed by atoms with van der Waals surface area (Å²) in [6, 6.07) is 9.47. The Labute approximate surface area is 126 Å². The van der Waals surface area contributed by atoms with Gasteiger partial charge >= 0.3 is 0 Å². The van der Waals surface area contributed by atoms with Crippen LogP contribution in [0.2, 0.25) is 5.02 Å². The molecule has 21 heavy (non-hydrogen) atoms. The topological polar surface area (TPSA) is 72.0 Å². The van der Waals surface area contributed by atoms with Crippen LogP contribution in [-0.2, 0) is 6.61 Å². The van der Waals surface area contributed by atoms with Crippen molar-refractivity contribution in [3.8, 4) is 5.88 Å². The van der Waals surface area contributed by atoms with Gasteiger partial charge in [0, 0.05) is 34.6 Å². The maximum absolute atomic E-state index is 13.6. The van der Waals surface area contributed by atoms with Crippen LogP contribution in [0, 0.1) is 11.2 Å². The monoisotopic (exact) mass is 305 g/mol. The van der Waals surface area contributed by atoms with Gasteiger partial charge in [0.15, 0.2) is 0 Å². The fraction of sp³-hybridized carbons (Fsp3) is 0.0667. The summed E-state index contributed by atoms with van der Waals surface area (Å²) in [4.78, 5) is 4.21. The highest BCUT2D eigenvalue weighted by molar-refractivity contribution is 6.30. The first-order valence-electron chi connectivity index (χ1n) is 6.10. The minimum atomic E-state index is -0.430. The van der Waals surface area contributed by atoms with Gasteiger partial charge in [-0.1, -0.05) is 23.7 Å². The third-order valence-corrected chi connectivity index (χ3v) is 2.98. The highest BCUT2D eigenvalue weighted by Crippen LogP contribution is 2.18. The van der Waals surface area contributed by atoms with E-state index in [1.54, 1.807) is 30.3 Å². The minimum Gasteiger partial charge on any atom is -0.473 e. The first-order valence-corrected chi connectivity index (χ1v) is 6.48.